The average Bonchev–Trinajstić information content (AvgIpc) is 2.82. The second kappa shape index (κ2) is 4.05. The number of amides is 2. The van der Waals surface area contributed by atoms with Gasteiger partial charge in [-0.25, -0.2) is 0 Å². The number of nitrogens with one attached hydrogen (secondary N) is 1. The molecule has 19 heavy (non-hydrogen) atoms. The number of rotatable bonds is 1. The van der Waals surface area contributed by atoms with Crippen LogP contribution in [0.25, 0.3) is 0 Å². The molecule has 5 nitrogen and oxygen atoms in total. The molecule has 2 aliphatic rings. The number of fused-ring (bicyclic) bond motifs is 2. The Morgan fingerprint density at radius 2 is 2.32 bits per heavy atom. The van der Waals surface area contributed by atoms with Gasteiger partial charge < -0.3 is 11.1 Å². The van der Waals surface area contributed by atoms with Gasteiger partial charge in [-0.2, -0.15) is 0 Å². The highest BCUT2D eigenvalue weighted by molar-refractivity contribution is 9.10. The minimum atomic E-state index is -0.953. The van der Waals surface area contributed by atoms with Crippen LogP contribution in [0, 0.1) is 5.92 Å². The van der Waals surface area contributed by atoms with Crippen molar-refractivity contribution in [3.8, 4) is 0 Å². The molecule has 1 aromatic rings. The van der Waals surface area contributed by atoms with Crippen LogP contribution in [0.4, 0.5) is 5.69 Å². The van der Waals surface area contributed by atoms with Crippen LogP contribution >= 0.6 is 15.9 Å². The molecule has 2 heterocycles. The molecule has 0 saturated carbocycles. The maximum atomic E-state index is 12.5. The number of hydrogen-bond acceptors (Lipinski definition) is 3. The van der Waals surface area contributed by atoms with E-state index < -0.39 is 17.4 Å². The molecule has 100 valence electrons. The van der Waals surface area contributed by atoms with Crippen molar-refractivity contribution < 1.29 is 9.59 Å². The number of carbonyl (C=O) groups is 2. The van der Waals surface area contributed by atoms with Crippen molar-refractivity contribution in [1.82, 2.24) is 4.90 Å². The molecule has 2 unspecified atom stereocenters. The average molecular weight is 324 g/mol. The van der Waals surface area contributed by atoms with Crippen molar-refractivity contribution in [2.75, 3.05) is 18.9 Å². The van der Waals surface area contributed by atoms with Crippen LogP contribution < -0.4 is 11.1 Å². The van der Waals surface area contributed by atoms with E-state index in [1.165, 1.54) is 0 Å². The lowest BCUT2D eigenvalue weighted by molar-refractivity contribution is -0.135. The van der Waals surface area contributed by atoms with Gasteiger partial charge >= 0.3 is 0 Å². The van der Waals surface area contributed by atoms with Crippen molar-refractivity contribution in [3.05, 3.63) is 28.2 Å². The summed E-state index contributed by atoms with van der Waals surface area (Å²) in [5.74, 6) is -1.08. The van der Waals surface area contributed by atoms with Gasteiger partial charge in [0, 0.05) is 22.3 Å². The SMILES string of the molecule is CN1CCC(C(N)=O)C12C(=O)Nc1ccc(Br)cc12. The van der Waals surface area contributed by atoms with Gasteiger partial charge in [-0.1, -0.05) is 15.9 Å². The van der Waals surface area contributed by atoms with Gasteiger partial charge in [0.2, 0.25) is 11.8 Å². The molecule has 0 aliphatic carbocycles. The third kappa shape index (κ3) is 1.50. The highest BCUT2D eigenvalue weighted by atomic mass is 79.9. The van der Waals surface area contributed by atoms with E-state index in [2.05, 4.69) is 21.2 Å². The van der Waals surface area contributed by atoms with Crippen molar-refractivity contribution in [1.29, 1.82) is 0 Å². The standard InChI is InChI=1S/C13H14BrN3O2/c1-17-5-4-8(11(15)18)13(17)9-6-7(14)2-3-10(9)16-12(13)19/h2-3,6,8H,4-5H2,1H3,(H2,15,18)(H,16,19). The third-order valence-corrected chi connectivity index (χ3v) is 4.68. The topological polar surface area (TPSA) is 75.4 Å². The molecule has 1 spiro atoms. The molecule has 1 saturated heterocycles. The lowest BCUT2D eigenvalue weighted by atomic mass is 9.79. The minimum Gasteiger partial charge on any atom is -0.369 e. The predicted molar refractivity (Wildman–Crippen MR) is 74.4 cm³/mol. The summed E-state index contributed by atoms with van der Waals surface area (Å²) >= 11 is 3.42. The maximum Gasteiger partial charge on any atom is 0.250 e. The number of halogens is 1. The fourth-order valence-corrected chi connectivity index (χ4v) is 3.69. The number of primary amides is 1. The summed E-state index contributed by atoms with van der Waals surface area (Å²) in [6.07, 6.45) is 0.602. The van der Waals surface area contributed by atoms with E-state index in [0.29, 0.717) is 13.0 Å². The highest BCUT2D eigenvalue weighted by Gasteiger charge is 2.60. The molecule has 1 fully saturated rings. The normalized spacial score (nSPS) is 29.6. The summed E-state index contributed by atoms with van der Waals surface area (Å²) < 4.78 is 0.880. The zero-order chi connectivity index (χ0) is 13.8. The van der Waals surface area contributed by atoms with Crippen LogP contribution in [-0.4, -0.2) is 30.3 Å². The molecule has 1 aromatic carbocycles. The second-order valence-electron chi connectivity index (χ2n) is 5.08. The number of benzene rings is 1. The molecule has 0 radical (unpaired) electrons. The Bertz CT molecular complexity index is 589. The summed E-state index contributed by atoms with van der Waals surface area (Å²) in [7, 11) is 1.86. The Hall–Kier alpha value is -1.40. The van der Waals surface area contributed by atoms with E-state index >= 15 is 0 Å². The van der Waals surface area contributed by atoms with Gasteiger partial charge in [-0.05, 0) is 31.7 Å². The van der Waals surface area contributed by atoms with Crippen molar-refractivity contribution in [2.24, 2.45) is 11.7 Å². The lowest BCUT2D eigenvalue weighted by Gasteiger charge is -2.33. The van der Waals surface area contributed by atoms with Crippen LogP contribution in [0.5, 0.6) is 0 Å². The van der Waals surface area contributed by atoms with Gasteiger partial charge in [0.05, 0.1) is 5.92 Å². The Morgan fingerprint density at radius 1 is 1.58 bits per heavy atom. The Balaban J connectivity index is 2.26. The molecule has 2 aliphatic heterocycles. The zero-order valence-electron chi connectivity index (χ0n) is 10.4. The largest absolute Gasteiger partial charge is 0.369 e. The molecule has 3 N–H and O–H groups in total. The summed E-state index contributed by atoms with van der Waals surface area (Å²) in [4.78, 5) is 26.2. The smallest absolute Gasteiger partial charge is 0.250 e. The minimum absolute atomic E-state index is 0.163. The quantitative estimate of drug-likeness (QED) is 0.810. The number of carbonyl (C=O) groups excluding carboxylic acids is 2. The second-order valence-corrected chi connectivity index (χ2v) is 5.99. The van der Waals surface area contributed by atoms with Crippen molar-refractivity contribution >= 4 is 33.4 Å². The molecule has 0 aromatic heterocycles. The van der Waals surface area contributed by atoms with Gasteiger partial charge in [-0.3, -0.25) is 14.5 Å². The van der Waals surface area contributed by atoms with E-state index in [1.54, 1.807) is 0 Å². The number of anilines is 1. The summed E-state index contributed by atoms with van der Waals surface area (Å²) in [5.41, 5.74) is 6.15. The Morgan fingerprint density at radius 3 is 3.00 bits per heavy atom. The van der Waals surface area contributed by atoms with Gasteiger partial charge in [0.15, 0.2) is 0 Å². The van der Waals surface area contributed by atoms with E-state index in [-0.39, 0.29) is 5.91 Å². The Kier molecular flexibility index (Phi) is 2.69. The third-order valence-electron chi connectivity index (χ3n) is 4.19. The van der Waals surface area contributed by atoms with Crippen LogP contribution in [0.2, 0.25) is 0 Å². The van der Waals surface area contributed by atoms with Gasteiger partial charge in [0.1, 0.15) is 5.54 Å². The molecular formula is C13H14BrN3O2. The van der Waals surface area contributed by atoms with Crippen LogP contribution in [0.15, 0.2) is 22.7 Å². The predicted octanol–water partition coefficient (Wildman–Crippen LogP) is 1.03. The first-order valence-corrected chi connectivity index (χ1v) is 6.89. The first-order valence-electron chi connectivity index (χ1n) is 6.10. The molecule has 2 amide bonds. The van der Waals surface area contributed by atoms with Crippen molar-refractivity contribution in [2.45, 2.75) is 12.0 Å². The lowest BCUT2D eigenvalue weighted by Crippen LogP contribution is -2.52. The van der Waals surface area contributed by atoms with Crippen LogP contribution in [0.3, 0.4) is 0 Å². The monoisotopic (exact) mass is 323 g/mol. The number of likely N-dealkylation sites (N-methyl/N-ethyl adjacent to an activating group) is 1. The first-order chi connectivity index (χ1) is 8.97. The van der Waals surface area contributed by atoms with Crippen LogP contribution in [0.1, 0.15) is 12.0 Å². The fourth-order valence-electron chi connectivity index (χ4n) is 3.33. The zero-order valence-corrected chi connectivity index (χ0v) is 12.0. The summed E-state index contributed by atoms with van der Waals surface area (Å²) in [6.45, 7) is 0.674. The fraction of sp³-hybridized carbons (Fsp3) is 0.385. The number of nitrogens with zero attached hydrogens (tertiary/aromatic N) is 1. The number of likely N-dealkylation sites (tertiary alicyclic amines) is 1. The highest BCUT2D eigenvalue weighted by Crippen LogP contribution is 2.50. The molecular weight excluding hydrogens is 310 g/mol. The number of nitrogens with two attached hydrogens (primary N) is 1. The van der Waals surface area contributed by atoms with E-state index in [1.807, 2.05) is 30.1 Å². The van der Waals surface area contributed by atoms with E-state index in [4.69, 9.17) is 5.73 Å². The maximum absolute atomic E-state index is 12.5. The van der Waals surface area contributed by atoms with Gasteiger partial charge in [-0.15, -0.1) is 0 Å². The Labute approximate surface area is 119 Å². The molecule has 0 bridgehead atoms. The van der Waals surface area contributed by atoms with Gasteiger partial charge in [0.25, 0.3) is 0 Å². The van der Waals surface area contributed by atoms with Crippen LogP contribution in [-0.2, 0) is 15.1 Å². The summed E-state index contributed by atoms with van der Waals surface area (Å²) in [5, 5.41) is 2.86. The summed E-state index contributed by atoms with van der Waals surface area (Å²) in [6, 6.07) is 5.60. The molecule has 3 rings (SSSR count). The molecule has 6 heteroatoms. The first kappa shape index (κ1) is 12.6. The van der Waals surface area contributed by atoms with Crippen molar-refractivity contribution in [3.63, 3.8) is 0 Å². The van der Waals surface area contributed by atoms with E-state index in [0.717, 1.165) is 15.7 Å². The van der Waals surface area contributed by atoms with E-state index in [9.17, 15) is 9.59 Å². The number of hydrogen-bond donors (Lipinski definition) is 2. The molecule has 2 atom stereocenters.